The number of carbonyl (C=O) groups is 1. The number of carbonyl (C=O) groups excluding carboxylic acids is 1. The van der Waals surface area contributed by atoms with Crippen LogP contribution >= 0.6 is 0 Å². The zero-order valence-electron chi connectivity index (χ0n) is 16.0. The number of likely N-dealkylation sites (N-methyl/N-ethyl adjacent to an activating group) is 1. The number of piperidine rings is 1. The van der Waals surface area contributed by atoms with Gasteiger partial charge in [-0.3, -0.25) is 4.79 Å². The molecule has 0 aromatic heterocycles. The fraction of sp³-hybridized carbons (Fsp3) is 0.650. The minimum atomic E-state index is -0.239. The van der Waals surface area contributed by atoms with E-state index in [4.69, 9.17) is 0 Å². The number of hydrogen-bond acceptors (Lipinski definition) is 3. The number of rotatable bonds is 7. The molecule has 1 aromatic rings. The Morgan fingerprint density at radius 1 is 1.28 bits per heavy atom. The van der Waals surface area contributed by atoms with Gasteiger partial charge in [0.2, 0.25) is 5.91 Å². The molecule has 2 rings (SSSR count). The first-order valence-corrected chi connectivity index (χ1v) is 9.25. The lowest BCUT2D eigenvalue weighted by atomic mass is 9.96. The van der Waals surface area contributed by atoms with Crippen molar-refractivity contribution >= 4 is 5.91 Å². The van der Waals surface area contributed by atoms with Crippen molar-refractivity contribution in [2.75, 3.05) is 47.3 Å². The van der Waals surface area contributed by atoms with Crippen molar-refractivity contribution in [3.63, 3.8) is 0 Å². The third-order valence-electron chi connectivity index (χ3n) is 5.05. The van der Waals surface area contributed by atoms with E-state index in [1.54, 1.807) is 6.07 Å². The lowest BCUT2D eigenvalue weighted by molar-refractivity contribution is -0.138. The highest BCUT2D eigenvalue weighted by Crippen LogP contribution is 2.20. The first-order chi connectivity index (χ1) is 11.9. The molecule has 1 amide bonds. The summed E-state index contributed by atoms with van der Waals surface area (Å²) in [6.07, 6.45) is 2.65. The lowest BCUT2D eigenvalue weighted by Gasteiger charge is -2.39. The summed E-state index contributed by atoms with van der Waals surface area (Å²) < 4.78 is 13.4. The molecule has 0 N–H and O–H groups in total. The Morgan fingerprint density at radius 2 is 1.96 bits per heavy atom. The highest BCUT2D eigenvalue weighted by Gasteiger charge is 2.29. The summed E-state index contributed by atoms with van der Waals surface area (Å²) in [5.74, 6) is -0.179. The average Bonchev–Trinajstić information content (AvgIpc) is 2.56. The van der Waals surface area contributed by atoms with Gasteiger partial charge in [-0.2, -0.15) is 0 Å². The standard InChI is InChI=1S/C20H32FN3O/c1-16(14-17-6-5-7-18(21)15-17)20(25)24(13-12-22(2)3)19-8-10-23(4)11-9-19/h5-7,15-16,19H,8-14H2,1-4H3. The van der Waals surface area contributed by atoms with Gasteiger partial charge in [0.1, 0.15) is 5.82 Å². The number of likely N-dealkylation sites (tertiary alicyclic amines) is 1. The van der Waals surface area contributed by atoms with Crippen LogP contribution in [0.25, 0.3) is 0 Å². The van der Waals surface area contributed by atoms with Crippen LogP contribution in [0.2, 0.25) is 0 Å². The van der Waals surface area contributed by atoms with Crippen molar-refractivity contribution in [3.05, 3.63) is 35.6 Å². The molecule has 1 aliphatic heterocycles. The van der Waals surface area contributed by atoms with E-state index in [0.29, 0.717) is 12.5 Å². The Morgan fingerprint density at radius 3 is 2.56 bits per heavy atom. The average molecular weight is 349 g/mol. The Hall–Kier alpha value is -1.46. The van der Waals surface area contributed by atoms with Crippen molar-refractivity contribution in [2.24, 2.45) is 5.92 Å². The van der Waals surface area contributed by atoms with Crippen molar-refractivity contribution in [1.29, 1.82) is 0 Å². The molecule has 0 spiro atoms. The van der Waals surface area contributed by atoms with Crippen LogP contribution in [0.15, 0.2) is 24.3 Å². The van der Waals surface area contributed by atoms with Gasteiger partial charge in [-0.25, -0.2) is 4.39 Å². The van der Waals surface area contributed by atoms with E-state index in [1.807, 2.05) is 27.1 Å². The number of halogens is 1. The topological polar surface area (TPSA) is 26.8 Å². The van der Waals surface area contributed by atoms with E-state index in [1.165, 1.54) is 12.1 Å². The van der Waals surface area contributed by atoms with Crippen LogP contribution in [0.4, 0.5) is 4.39 Å². The summed E-state index contributed by atoms with van der Waals surface area (Å²) in [7, 11) is 6.20. The molecule has 140 valence electrons. The van der Waals surface area contributed by atoms with Crippen molar-refractivity contribution in [3.8, 4) is 0 Å². The first-order valence-electron chi connectivity index (χ1n) is 9.25. The zero-order chi connectivity index (χ0) is 18.4. The smallest absolute Gasteiger partial charge is 0.226 e. The molecular weight excluding hydrogens is 317 g/mol. The quantitative estimate of drug-likeness (QED) is 0.757. The Balaban J connectivity index is 2.04. The Kier molecular flexibility index (Phi) is 7.38. The Bertz CT molecular complexity index is 556. The molecule has 1 atom stereocenters. The zero-order valence-corrected chi connectivity index (χ0v) is 16.0. The highest BCUT2D eigenvalue weighted by molar-refractivity contribution is 5.79. The van der Waals surface area contributed by atoms with E-state index in [-0.39, 0.29) is 17.6 Å². The van der Waals surface area contributed by atoms with Crippen LogP contribution in [0.3, 0.4) is 0 Å². The first kappa shape index (κ1) is 19.9. The number of hydrogen-bond donors (Lipinski definition) is 0. The van der Waals surface area contributed by atoms with Crippen LogP contribution in [0, 0.1) is 11.7 Å². The van der Waals surface area contributed by atoms with Crippen LogP contribution in [-0.2, 0) is 11.2 Å². The molecule has 0 radical (unpaired) electrons. The van der Waals surface area contributed by atoms with Gasteiger partial charge in [0, 0.05) is 25.0 Å². The van der Waals surface area contributed by atoms with Crippen LogP contribution in [-0.4, -0.2) is 74.0 Å². The molecule has 5 heteroatoms. The van der Waals surface area contributed by atoms with Crippen LogP contribution in [0.1, 0.15) is 25.3 Å². The summed E-state index contributed by atoms with van der Waals surface area (Å²) in [4.78, 5) is 19.6. The maximum atomic E-state index is 13.4. The number of amides is 1. The van der Waals surface area contributed by atoms with E-state index < -0.39 is 0 Å². The third kappa shape index (κ3) is 6.08. The maximum Gasteiger partial charge on any atom is 0.226 e. The van der Waals surface area contributed by atoms with Crippen molar-refractivity contribution in [2.45, 2.75) is 32.2 Å². The third-order valence-corrected chi connectivity index (χ3v) is 5.05. The van der Waals surface area contributed by atoms with Gasteiger partial charge in [0.15, 0.2) is 0 Å². The van der Waals surface area contributed by atoms with E-state index in [2.05, 4.69) is 21.7 Å². The highest BCUT2D eigenvalue weighted by atomic mass is 19.1. The molecule has 1 unspecified atom stereocenters. The summed E-state index contributed by atoms with van der Waals surface area (Å²) in [6, 6.07) is 6.90. The van der Waals surface area contributed by atoms with Gasteiger partial charge in [-0.1, -0.05) is 19.1 Å². The van der Waals surface area contributed by atoms with Crippen LogP contribution in [0.5, 0.6) is 0 Å². The predicted octanol–water partition coefficient (Wildman–Crippen LogP) is 2.49. The lowest BCUT2D eigenvalue weighted by Crippen LogP contribution is -2.50. The second-order valence-corrected chi connectivity index (χ2v) is 7.60. The fourth-order valence-electron chi connectivity index (χ4n) is 3.47. The van der Waals surface area contributed by atoms with Gasteiger partial charge < -0.3 is 14.7 Å². The SMILES string of the molecule is CC(Cc1cccc(F)c1)C(=O)N(CCN(C)C)C1CCN(C)CC1. The fourth-order valence-corrected chi connectivity index (χ4v) is 3.47. The molecule has 0 bridgehead atoms. The summed E-state index contributed by atoms with van der Waals surface area (Å²) in [6.45, 7) is 5.66. The van der Waals surface area contributed by atoms with E-state index in [9.17, 15) is 9.18 Å². The molecule has 1 aliphatic rings. The largest absolute Gasteiger partial charge is 0.338 e. The van der Waals surface area contributed by atoms with Gasteiger partial charge in [-0.05, 0) is 71.2 Å². The Labute approximate surface area is 151 Å². The van der Waals surface area contributed by atoms with Crippen LogP contribution < -0.4 is 0 Å². The van der Waals surface area contributed by atoms with Gasteiger partial charge in [0.25, 0.3) is 0 Å². The van der Waals surface area contributed by atoms with Gasteiger partial charge in [-0.15, -0.1) is 0 Å². The van der Waals surface area contributed by atoms with Crippen molar-refractivity contribution < 1.29 is 9.18 Å². The summed E-state index contributed by atoms with van der Waals surface area (Å²) in [5.41, 5.74) is 0.886. The second kappa shape index (κ2) is 9.30. The molecule has 1 heterocycles. The van der Waals surface area contributed by atoms with E-state index in [0.717, 1.165) is 44.6 Å². The molecule has 4 nitrogen and oxygen atoms in total. The predicted molar refractivity (Wildman–Crippen MR) is 100 cm³/mol. The van der Waals surface area contributed by atoms with E-state index >= 15 is 0 Å². The number of benzene rings is 1. The van der Waals surface area contributed by atoms with Gasteiger partial charge >= 0.3 is 0 Å². The molecule has 1 saturated heterocycles. The number of nitrogens with zero attached hydrogens (tertiary/aromatic N) is 3. The molecule has 25 heavy (non-hydrogen) atoms. The molecule has 0 saturated carbocycles. The summed E-state index contributed by atoms with van der Waals surface area (Å²) >= 11 is 0. The molecule has 0 aliphatic carbocycles. The van der Waals surface area contributed by atoms with Crippen molar-refractivity contribution in [1.82, 2.24) is 14.7 Å². The molecule has 1 aromatic carbocycles. The normalized spacial score (nSPS) is 17.7. The summed E-state index contributed by atoms with van der Waals surface area (Å²) in [5, 5.41) is 0. The van der Waals surface area contributed by atoms with Gasteiger partial charge in [0.05, 0.1) is 0 Å². The monoisotopic (exact) mass is 349 g/mol. The minimum Gasteiger partial charge on any atom is -0.338 e. The minimum absolute atomic E-state index is 0.136. The molecular formula is C20H32FN3O. The molecule has 1 fully saturated rings. The second-order valence-electron chi connectivity index (χ2n) is 7.60. The maximum absolute atomic E-state index is 13.4.